The molecule has 0 amide bonds. The largest absolute Gasteiger partial charge is 0.394 e. The Bertz CT molecular complexity index is 372. The molecule has 1 rings (SSSR count). The maximum Gasteiger partial charge on any atom is 0.335 e. The van der Waals surface area contributed by atoms with Gasteiger partial charge in [-0.05, 0) is 0 Å². The van der Waals surface area contributed by atoms with E-state index in [9.17, 15) is 23.7 Å². The van der Waals surface area contributed by atoms with E-state index in [1.165, 1.54) is 0 Å². The van der Waals surface area contributed by atoms with Gasteiger partial charge in [-0.2, -0.15) is 13.1 Å². The van der Waals surface area contributed by atoms with E-state index in [0.29, 0.717) is 0 Å². The Morgan fingerprint density at radius 1 is 1.24 bits per heavy atom. The Hall–Kier alpha value is -0.370. The molecule has 0 unspecified atom stereocenters. The molecule has 1 heterocycles. The topological polar surface area (TPSA) is 177 Å². The average Bonchev–Trinajstić information content (AvgIpc) is 2.19. The highest BCUT2D eigenvalue weighted by Crippen LogP contribution is 2.27. The van der Waals surface area contributed by atoms with E-state index in [4.69, 9.17) is 14.8 Å². The number of aliphatic hydroxyl groups is 5. The molecule has 0 aromatic heterocycles. The van der Waals surface area contributed by atoms with Gasteiger partial charge in [0.15, 0.2) is 18.1 Å². The van der Waals surface area contributed by atoms with E-state index in [1.54, 1.807) is 0 Å². The van der Waals surface area contributed by atoms with Gasteiger partial charge < -0.3 is 30.3 Å². The van der Waals surface area contributed by atoms with E-state index in [0.717, 1.165) is 4.72 Å². The smallest absolute Gasteiger partial charge is 0.335 e. The van der Waals surface area contributed by atoms with Crippen LogP contribution in [0.4, 0.5) is 0 Å². The molecule has 5 atom stereocenters. The lowest BCUT2D eigenvalue weighted by Gasteiger charge is -2.45. The lowest BCUT2D eigenvalue weighted by molar-refractivity contribution is -0.324. The zero-order chi connectivity index (χ0) is 13.4. The Morgan fingerprint density at radius 3 is 2.18 bits per heavy atom. The summed E-state index contributed by atoms with van der Waals surface area (Å²) >= 11 is 0. The van der Waals surface area contributed by atoms with Gasteiger partial charge in [-0.25, -0.2) is 0 Å². The first-order valence-electron chi connectivity index (χ1n) is 4.41. The number of hydrogen-bond acceptors (Lipinski definition) is 8. The first-order valence-corrected chi connectivity index (χ1v) is 5.85. The van der Waals surface area contributed by atoms with Gasteiger partial charge in [0, 0.05) is 0 Å². The molecule has 102 valence electrons. The van der Waals surface area contributed by atoms with E-state index in [1.807, 2.05) is 0 Å². The van der Waals surface area contributed by atoms with Gasteiger partial charge in [-0.3, -0.25) is 4.55 Å². The van der Waals surface area contributed by atoms with E-state index < -0.39 is 47.2 Å². The lowest BCUT2D eigenvalue weighted by atomic mass is 9.93. The highest BCUT2D eigenvalue weighted by Gasteiger charge is 2.56. The second kappa shape index (κ2) is 4.72. The van der Waals surface area contributed by atoms with Crippen LogP contribution in [0, 0.1) is 0 Å². The molecule has 0 aliphatic carbocycles. The molecule has 0 spiro atoms. The van der Waals surface area contributed by atoms with E-state index in [2.05, 4.69) is 4.74 Å². The number of nitrogens with one attached hydrogen (secondary N) is 1. The fourth-order valence-corrected chi connectivity index (χ4v) is 2.13. The highest BCUT2D eigenvalue weighted by atomic mass is 32.2. The molecule has 7 N–H and O–H groups in total. The van der Waals surface area contributed by atoms with Crippen LogP contribution in [0.5, 0.6) is 0 Å². The van der Waals surface area contributed by atoms with Gasteiger partial charge in [-0.15, -0.1) is 0 Å². The molecule has 1 saturated heterocycles. The van der Waals surface area contributed by atoms with Crippen LogP contribution in [0.25, 0.3) is 0 Å². The molecule has 0 saturated carbocycles. The van der Waals surface area contributed by atoms with Gasteiger partial charge in [0.05, 0.1) is 6.61 Å². The Labute approximate surface area is 96.0 Å². The summed E-state index contributed by atoms with van der Waals surface area (Å²) in [6.07, 6.45) is -7.97. The van der Waals surface area contributed by atoms with Gasteiger partial charge in [0.25, 0.3) is 0 Å². The minimum absolute atomic E-state index is 0.861. The first kappa shape index (κ1) is 14.7. The van der Waals surface area contributed by atoms with Crippen molar-refractivity contribution in [1.82, 2.24) is 4.72 Å². The van der Waals surface area contributed by atoms with E-state index >= 15 is 0 Å². The minimum Gasteiger partial charge on any atom is -0.394 e. The molecule has 1 aliphatic heterocycles. The summed E-state index contributed by atoms with van der Waals surface area (Å²) in [4.78, 5) is 0. The van der Waals surface area contributed by atoms with Crippen LogP contribution in [-0.2, 0) is 15.0 Å². The molecule has 11 heteroatoms. The Balaban J connectivity index is 3.06. The molecular formula is C6H13NO9S. The summed E-state index contributed by atoms with van der Waals surface area (Å²) in [5.41, 5.74) is -2.99. The SMILES string of the molecule is O=S(=O)(O)N[C@]1(O)[C@H](O)[C@@H](O)O[C@H](CO)[C@H]1O. The molecular weight excluding hydrogens is 262 g/mol. The fourth-order valence-electron chi connectivity index (χ4n) is 1.47. The summed E-state index contributed by atoms with van der Waals surface area (Å²) in [5.74, 6) is 0. The summed E-state index contributed by atoms with van der Waals surface area (Å²) in [7, 11) is -4.97. The van der Waals surface area contributed by atoms with Crippen molar-refractivity contribution in [3.05, 3.63) is 0 Å². The lowest BCUT2D eigenvalue weighted by Crippen LogP contribution is -2.73. The molecule has 10 nitrogen and oxygen atoms in total. The summed E-state index contributed by atoms with van der Waals surface area (Å²) in [6.45, 7) is -0.861. The van der Waals surface area contributed by atoms with Crippen molar-refractivity contribution >= 4 is 10.3 Å². The van der Waals surface area contributed by atoms with Crippen LogP contribution in [-0.4, -0.2) is 75.4 Å². The van der Waals surface area contributed by atoms with Crippen LogP contribution in [0.2, 0.25) is 0 Å². The van der Waals surface area contributed by atoms with Gasteiger partial charge in [0.2, 0.25) is 0 Å². The number of rotatable bonds is 3. The molecule has 1 fully saturated rings. The highest BCUT2D eigenvalue weighted by molar-refractivity contribution is 7.83. The zero-order valence-electron chi connectivity index (χ0n) is 8.33. The van der Waals surface area contributed by atoms with Crippen LogP contribution >= 0.6 is 0 Å². The molecule has 0 radical (unpaired) electrons. The van der Waals surface area contributed by atoms with Crippen molar-refractivity contribution in [1.29, 1.82) is 0 Å². The summed E-state index contributed by atoms with van der Waals surface area (Å²) in [6, 6.07) is 0. The van der Waals surface area contributed by atoms with Crippen LogP contribution in [0.3, 0.4) is 0 Å². The van der Waals surface area contributed by atoms with Crippen molar-refractivity contribution in [3.8, 4) is 0 Å². The van der Waals surface area contributed by atoms with Crippen molar-refractivity contribution < 1.29 is 43.2 Å². The van der Waals surface area contributed by atoms with Crippen molar-refractivity contribution in [2.45, 2.75) is 30.3 Å². The van der Waals surface area contributed by atoms with Crippen LogP contribution < -0.4 is 4.72 Å². The predicted octanol–water partition coefficient (Wildman–Crippen LogP) is -4.50. The summed E-state index contributed by atoms with van der Waals surface area (Å²) in [5, 5.41) is 46.5. The molecule has 1 aliphatic rings. The number of hydrogen-bond donors (Lipinski definition) is 7. The maximum atomic E-state index is 10.6. The molecule has 0 aromatic rings. The fraction of sp³-hybridized carbons (Fsp3) is 1.00. The quantitative estimate of drug-likeness (QED) is 0.197. The first-order chi connectivity index (χ1) is 7.62. The van der Waals surface area contributed by atoms with Crippen molar-refractivity contribution in [2.75, 3.05) is 6.61 Å². The van der Waals surface area contributed by atoms with E-state index in [-0.39, 0.29) is 0 Å². The van der Waals surface area contributed by atoms with Gasteiger partial charge in [-0.1, -0.05) is 0 Å². The Kier molecular flexibility index (Phi) is 4.08. The van der Waals surface area contributed by atoms with Crippen molar-refractivity contribution in [2.24, 2.45) is 0 Å². The molecule has 0 aromatic carbocycles. The third kappa shape index (κ3) is 2.90. The number of ether oxygens (including phenoxy) is 1. The second-order valence-corrected chi connectivity index (χ2v) is 4.69. The van der Waals surface area contributed by atoms with Crippen LogP contribution in [0.15, 0.2) is 0 Å². The van der Waals surface area contributed by atoms with Crippen LogP contribution in [0.1, 0.15) is 0 Å². The normalized spacial score (nSPS) is 43.6. The standard InChI is InChI=1S/C6H13NO9S/c8-1-2-3(9)6(12,7-17(13,14)15)4(10)5(11)16-2/h2-5,7-12H,1H2,(H,13,14,15)/t2-,3-,4-,5+,6-/m1/s1. The molecule has 17 heavy (non-hydrogen) atoms. The predicted molar refractivity (Wildman–Crippen MR) is 49.6 cm³/mol. The molecule has 0 bridgehead atoms. The zero-order valence-corrected chi connectivity index (χ0v) is 9.15. The van der Waals surface area contributed by atoms with Gasteiger partial charge in [0.1, 0.15) is 12.2 Å². The minimum atomic E-state index is -4.97. The monoisotopic (exact) mass is 275 g/mol. The Morgan fingerprint density at radius 2 is 1.76 bits per heavy atom. The second-order valence-electron chi connectivity index (χ2n) is 3.54. The third-order valence-corrected chi connectivity index (χ3v) is 2.90. The average molecular weight is 275 g/mol. The van der Waals surface area contributed by atoms with Gasteiger partial charge >= 0.3 is 10.3 Å². The maximum absolute atomic E-state index is 10.6. The van der Waals surface area contributed by atoms with Crippen molar-refractivity contribution in [3.63, 3.8) is 0 Å². The third-order valence-electron chi connectivity index (χ3n) is 2.31. The summed E-state index contributed by atoms with van der Waals surface area (Å²) < 4.78 is 35.3. The number of aliphatic hydroxyl groups excluding tert-OH is 4.